The van der Waals surface area contributed by atoms with Crippen molar-refractivity contribution in [2.45, 2.75) is 64.6 Å². The van der Waals surface area contributed by atoms with E-state index in [0.717, 1.165) is 48.8 Å². The van der Waals surface area contributed by atoms with E-state index in [1.165, 1.54) is 6.42 Å². The molecule has 0 spiro atoms. The number of aryl methyl sites for hydroxylation is 2. The van der Waals surface area contributed by atoms with Gasteiger partial charge in [-0.3, -0.25) is 4.68 Å². The molecule has 0 saturated heterocycles. The molecule has 0 bridgehead atoms. The normalized spacial score (nSPS) is 18.9. The minimum atomic E-state index is -0.0317. The molecule has 0 aliphatic heterocycles. The number of hydrogen-bond donors (Lipinski definition) is 1. The summed E-state index contributed by atoms with van der Waals surface area (Å²) in [6, 6.07) is 0.296. The first-order valence-electron chi connectivity index (χ1n) is 7.58. The maximum Gasteiger partial charge on any atom is 0.0847 e. The monoisotopic (exact) mass is 299 g/mol. The van der Waals surface area contributed by atoms with Gasteiger partial charge >= 0.3 is 0 Å². The third-order valence-corrected chi connectivity index (χ3v) is 5.03. The van der Waals surface area contributed by atoms with Crippen LogP contribution in [0.15, 0.2) is 0 Å². The van der Waals surface area contributed by atoms with Crippen LogP contribution >= 0.6 is 11.6 Å². The first-order valence-corrected chi connectivity index (χ1v) is 7.96. The van der Waals surface area contributed by atoms with E-state index in [0.29, 0.717) is 6.04 Å². The number of nitrogens with one attached hydrogen (secondary N) is 1. The van der Waals surface area contributed by atoms with Crippen molar-refractivity contribution in [2.75, 3.05) is 13.7 Å². The second-order valence-corrected chi connectivity index (χ2v) is 5.98. The summed E-state index contributed by atoms with van der Waals surface area (Å²) in [5.74, 6) is 0. The second kappa shape index (κ2) is 6.46. The fraction of sp³-hybridized carbons (Fsp3) is 0.800. The Balaban J connectivity index is 2.24. The molecule has 1 aliphatic rings. The number of hydrogen-bond acceptors (Lipinski definition) is 3. The number of methoxy groups -OCH3 is 1. The molecule has 20 heavy (non-hydrogen) atoms. The number of ether oxygens (including phenoxy) is 1. The molecule has 1 aromatic heterocycles. The molecule has 2 rings (SSSR count). The van der Waals surface area contributed by atoms with E-state index < -0.39 is 0 Å². The van der Waals surface area contributed by atoms with Gasteiger partial charge in [0.15, 0.2) is 0 Å². The Morgan fingerprint density at radius 2 is 2.15 bits per heavy atom. The standard InChI is InChI=1S/C15H26ClN3O/c1-5-17-13(15(20-4)8-7-9-15)10-12-14(16)11(3)18-19(12)6-2/h13,17H,5-10H2,1-4H3. The van der Waals surface area contributed by atoms with E-state index in [1.807, 2.05) is 18.7 Å². The Morgan fingerprint density at radius 3 is 2.60 bits per heavy atom. The van der Waals surface area contributed by atoms with Crippen LogP contribution in [-0.2, 0) is 17.7 Å². The zero-order valence-corrected chi connectivity index (χ0v) is 13.8. The molecule has 1 atom stereocenters. The van der Waals surface area contributed by atoms with Gasteiger partial charge in [-0.15, -0.1) is 0 Å². The molecular weight excluding hydrogens is 274 g/mol. The molecule has 1 heterocycles. The van der Waals surface area contributed by atoms with Crippen LogP contribution in [0, 0.1) is 6.92 Å². The smallest absolute Gasteiger partial charge is 0.0847 e. The molecule has 0 radical (unpaired) electrons. The zero-order chi connectivity index (χ0) is 14.8. The Morgan fingerprint density at radius 1 is 1.45 bits per heavy atom. The molecule has 5 heteroatoms. The molecule has 0 amide bonds. The van der Waals surface area contributed by atoms with Crippen LogP contribution in [0.4, 0.5) is 0 Å². The lowest BCUT2D eigenvalue weighted by molar-refractivity contribution is -0.0981. The molecule has 1 aliphatic carbocycles. The number of rotatable bonds is 7. The fourth-order valence-corrected chi connectivity index (χ4v) is 3.38. The van der Waals surface area contributed by atoms with Crippen molar-refractivity contribution < 1.29 is 4.74 Å². The van der Waals surface area contributed by atoms with Crippen molar-refractivity contribution in [3.05, 3.63) is 16.4 Å². The highest BCUT2D eigenvalue weighted by molar-refractivity contribution is 6.31. The van der Waals surface area contributed by atoms with E-state index >= 15 is 0 Å². The van der Waals surface area contributed by atoms with Crippen LogP contribution in [0.2, 0.25) is 5.02 Å². The molecule has 1 saturated carbocycles. The van der Waals surface area contributed by atoms with Gasteiger partial charge in [0.1, 0.15) is 0 Å². The zero-order valence-electron chi connectivity index (χ0n) is 13.0. The predicted octanol–water partition coefficient (Wildman–Crippen LogP) is 2.95. The SMILES string of the molecule is CCNC(Cc1c(Cl)c(C)nn1CC)C1(OC)CCC1. The first kappa shape index (κ1) is 15.8. The first-order chi connectivity index (χ1) is 9.57. The molecule has 1 fully saturated rings. The summed E-state index contributed by atoms with van der Waals surface area (Å²) in [5, 5.41) is 8.90. The molecule has 114 valence electrons. The Labute approximate surface area is 126 Å². The minimum absolute atomic E-state index is 0.0317. The molecule has 1 N–H and O–H groups in total. The van der Waals surface area contributed by atoms with Crippen molar-refractivity contribution in [3.8, 4) is 0 Å². The summed E-state index contributed by atoms with van der Waals surface area (Å²) in [4.78, 5) is 0. The van der Waals surface area contributed by atoms with Crippen LogP contribution in [-0.4, -0.2) is 35.1 Å². The van der Waals surface area contributed by atoms with E-state index in [1.54, 1.807) is 0 Å². The minimum Gasteiger partial charge on any atom is -0.377 e. The van der Waals surface area contributed by atoms with Gasteiger partial charge in [-0.25, -0.2) is 0 Å². The maximum atomic E-state index is 6.44. The van der Waals surface area contributed by atoms with Crippen LogP contribution in [0.1, 0.15) is 44.5 Å². The van der Waals surface area contributed by atoms with Gasteiger partial charge in [0, 0.05) is 26.1 Å². The third-order valence-electron chi connectivity index (χ3n) is 4.54. The summed E-state index contributed by atoms with van der Waals surface area (Å²) in [5.41, 5.74) is 2.01. The van der Waals surface area contributed by atoms with Crippen molar-refractivity contribution in [1.29, 1.82) is 0 Å². The van der Waals surface area contributed by atoms with Gasteiger partial charge in [-0.2, -0.15) is 5.10 Å². The van der Waals surface area contributed by atoms with Gasteiger partial charge in [-0.1, -0.05) is 18.5 Å². The number of aromatic nitrogens is 2. The summed E-state index contributed by atoms with van der Waals surface area (Å²) >= 11 is 6.44. The van der Waals surface area contributed by atoms with Gasteiger partial charge in [0.25, 0.3) is 0 Å². The van der Waals surface area contributed by atoms with Crippen LogP contribution in [0.5, 0.6) is 0 Å². The second-order valence-electron chi connectivity index (χ2n) is 5.60. The summed E-state index contributed by atoms with van der Waals surface area (Å²) in [6.07, 6.45) is 4.36. The lowest BCUT2D eigenvalue weighted by atomic mass is 9.73. The molecule has 0 aromatic carbocycles. The van der Waals surface area contributed by atoms with Crippen molar-refractivity contribution in [3.63, 3.8) is 0 Å². The van der Waals surface area contributed by atoms with Crippen molar-refractivity contribution in [1.82, 2.24) is 15.1 Å². The van der Waals surface area contributed by atoms with Gasteiger partial charge < -0.3 is 10.1 Å². The fourth-order valence-electron chi connectivity index (χ4n) is 3.17. The van der Waals surface area contributed by atoms with Crippen LogP contribution in [0.25, 0.3) is 0 Å². The number of halogens is 1. The quantitative estimate of drug-likeness (QED) is 0.841. The highest BCUT2D eigenvalue weighted by atomic mass is 35.5. The highest BCUT2D eigenvalue weighted by Gasteiger charge is 2.44. The largest absolute Gasteiger partial charge is 0.377 e. The van der Waals surface area contributed by atoms with Gasteiger partial charge in [0.05, 0.1) is 22.0 Å². The van der Waals surface area contributed by atoms with E-state index in [9.17, 15) is 0 Å². The summed E-state index contributed by atoms with van der Waals surface area (Å²) in [6.45, 7) is 7.99. The average molecular weight is 300 g/mol. The van der Waals surface area contributed by atoms with E-state index in [-0.39, 0.29) is 5.60 Å². The van der Waals surface area contributed by atoms with Crippen LogP contribution in [0.3, 0.4) is 0 Å². The Hall–Kier alpha value is -0.580. The summed E-state index contributed by atoms with van der Waals surface area (Å²) < 4.78 is 7.86. The van der Waals surface area contributed by atoms with E-state index in [4.69, 9.17) is 16.3 Å². The lowest BCUT2D eigenvalue weighted by Gasteiger charge is -2.47. The lowest BCUT2D eigenvalue weighted by Crippen LogP contribution is -2.57. The van der Waals surface area contributed by atoms with E-state index in [2.05, 4.69) is 24.3 Å². The Kier molecular flexibility index (Phi) is 5.10. The molecule has 4 nitrogen and oxygen atoms in total. The summed E-state index contributed by atoms with van der Waals surface area (Å²) in [7, 11) is 1.83. The average Bonchev–Trinajstić information content (AvgIpc) is 2.66. The topological polar surface area (TPSA) is 39.1 Å². The molecule has 1 unspecified atom stereocenters. The molecular formula is C15H26ClN3O. The van der Waals surface area contributed by atoms with Gasteiger partial charge in [0.2, 0.25) is 0 Å². The van der Waals surface area contributed by atoms with Crippen molar-refractivity contribution in [2.24, 2.45) is 0 Å². The Bertz CT molecular complexity index is 449. The third kappa shape index (κ3) is 2.74. The number of nitrogens with zero attached hydrogens (tertiary/aromatic N) is 2. The van der Waals surface area contributed by atoms with Crippen LogP contribution < -0.4 is 5.32 Å². The molecule has 1 aromatic rings. The maximum absolute atomic E-state index is 6.44. The number of likely N-dealkylation sites (N-methyl/N-ethyl adjacent to an activating group) is 1. The van der Waals surface area contributed by atoms with Crippen molar-refractivity contribution >= 4 is 11.6 Å². The highest BCUT2D eigenvalue weighted by Crippen LogP contribution is 2.39. The predicted molar refractivity (Wildman–Crippen MR) is 82.4 cm³/mol. The van der Waals surface area contributed by atoms with Gasteiger partial charge in [-0.05, 0) is 39.7 Å².